The highest BCUT2D eigenvalue weighted by atomic mass is 35.5. The molecule has 0 amide bonds. The average molecular weight is 279 g/mol. The normalized spacial score (nSPS) is 10.6. The van der Waals surface area contributed by atoms with Gasteiger partial charge in [0, 0.05) is 10.4 Å². The Morgan fingerprint density at radius 3 is 2.67 bits per heavy atom. The lowest BCUT2D eigenvalue weighted by Gasteiger charge is -2.01. The molecule has 0 atom stereocenters. The summed E-state index contributed by atoms with van der Waals surface area (Å²) in [6.07, 6.45) is 0. The van der Waals surface area contributed by atoms with Gasteiger partial charge in [0.1, 0.15) is 0 Å². The lowest BCUT2D eigenvalue weighted by atomic mass is 10.1. The standard InChI is InChI=1S/C10H6Cl3NS/c11-4-9-10(14-5-15-9)6-1-2-7(12)8(13)3-6/h1-3,5H,4H2. The van der Waals surface area contributed by atoms with Gasteiger partial charge in [-0.2, -0.15) is 0 Å². The van der Waals surface area contributed by atoms with Gasteiger partial charge < -0.3 is 0 Å². The summed E-state index contributed by atoms with van der Waals surface area (Å²) in [5, 5.41) is 1.07. The van der Waals surface area contributed by atoms with Gasteiger partial charge >= 0.3 is 0 Å². The van der Waals surface area contributed by atoms with Crippen LogP contribution in [0.15, 0.2) is 23.7 Å². The van der Waals surface area contributed by atoms with Gasteiger partial charge in [0.15, 0.2) is 0 Å². The molecule has 1 nitrogen and oxygen atoms in total. The highest BCUT2D eigenvalue weighted by molar-refractivity contribution is 7.10. The second kappa shape index (κ2) is 4.71. The predicted molar refractivity (Wildman–Crippen MR) is 67.1 cm³/mol. The van der Waals surface area contributed by atoms with E-state index >= 15 is 0 Å². The lowest BCUT2D eigenvalue weighted by Crippen LogP contribution is -1.82. The lowest BCUT2D eigenvalue weighted by molar-refractivity contribution is 1.36. The molecule has 0 aliphatic rings. The van der Waals surface area contributed by atoms with Crippen LogP contribution in [0.4, 0.5) is 0 Å². The van der Waals surface area contributed by atoms with E-state index in [1.165, 1.54) is 11.3 Å². The first-order chi connectivity index (χ1) is 7.22. The molecule has 1 aromatic carbocycles. The monoisotopic (exact) mass is 277 g/mol. The molecule has 5 heteroatoms. The maximum absolute atomic E-state index is 5.94. The Hall–Kier alpha value is -0.280. The van der Waals surface area contributed by atoms with Crippen molar-refractivity contribution in [2.24, 2.45) is 0 Å². The first kappa shape index (κ1) is 11.2. The number of benzene rings is 1. The summed E-state index contributed by atoms with van der Waals surface area (Å²) >= 11 is 19.1. The zero-order chi connectivity index (χ0) is 10.8. The molecule has 0 N–H and O–H groups in total. The molecule has 0 radical (unpaired) electrons. The molecule has 0 fully saturated rings. The fourth-order valence-corrected chi connectivity index (χ4v) is 2.49. The van der Waals surface area contributed by atoms with Crippen LogP contribution in [0.3, 0.4) is 0 Å². The van der Waals surface area contributed by atoms with E-state index in [2.05, 4.69) is 4.98 Å². The minimum absolute atomic E-state index is 0.459. The minimum atomic E-state index is 0.459. The Kier molecular flexibility index (Phi) is 3.52. The van der Waals surface area contributed by atoms with Crippen molar-refractivity contribution >= 4 is 46.1 Å². The third-order valence-corrected chi connectivity index (χ3v) is 3.95. The Morgan fingerprint density at radius 2 is 2.00 bits per heavy atom. The van der Waals surface area contributed by atoms with Crippen molar-refractivity contribution in [3.05, 3.63) is 38.6 Å². The molecule has 0 aliphatic heterocycles. The molecule has 0 saturated heterocycles. The van der Waals surface area contributed by atoms with E-state index in [-0.39, 0.29) is 0 Å². The molecule has 0 unspecified atom stereocenters. The van der Waals surface area contributed by atoms with Crippen molar-refractivity contribution in [1.29, 1.82) is 0 Å². The second-order valence-corrected chi connectivity index (χ2v) is 4.91. The number of thiazole rings is 1. The number of hydrogen-bond acceptors (Lipinski definition) is 2. The molecule has 0 spiro atoms. The molecule has 1 heterocycles. The third kappa shape index (κ3) is 2.28. The molecule has 0 bridgehead atoms. The summed E-state index contributed by atoms with van der Waals surface area (Å²) in [6.45, 7) is 0. The number of alkyl halides is 1. The zero-order valence-corrected chi connectivity index (χ0v) is 10.6. The van der Waals surface area contributed by atoms with E-state index in [4.69, 9.17) is 34.8 Å². The van der Waals surface area contributed by atoms with Crippen LogP contribution in [-0.4, -0.2) is 4.98 Å². The van der Waals surface area contributed by atoms with Gasteiger partial charge in [-0.05, 0) is 12.1 Å². The fourth-order valence-electron chi connectivity index (χ4n) is 1.24. The van der Waals surface area contributed by atoms with Crippen molar-refractivity contribution < 1.29 is 0 Å². The van der Waals surface area contributed by atoms with Crippen LogP contribution >= 0.6 is 46.1 Å². The van der Waals surface area contributed by atoms with Crippen LogP contribution in [0.5, 0.6) is 0 Å². The topological polar surface area (TPSA) is 12.9 Å². The van der Waals surface area contributed by atoms with Crippen LogP contribution in [0.25, 0.3) is 11.3 Å². The molecule has 2 aromatic rings. The smallest absolute Gasteiger partial charge is 0.0856 e. The maximum atomic E-state index is 5.94. The van der Waals surface area contributed by atoms with Gasteiger partial charge in [0.05, 0.1) is 27.1 Å². The van der Waals surface area contributed by atoms with Crippen molar-refractivity contribution in [1.82, 2.24) is 4.98 Å². The van der Waals surface area contributed by atoms with E-state index in [0.29, 0.717) is 15.9 Å². The first-order valence-corrected chi connectivity index (χ1v) is 6.33. The Bertz CT molecular complexity index is 481. The molecule has 0 aliphatic carbocycles. The number of halogens is 3. The summed E-state index contributed by atoms with van der Waals surface area (Å²) in [5.74, 6) is 0.459. The fraction of sp³-hybridized carbons (Fsp3) is 0.100. The maximum Gasteiger partial charge on any atom is 0.0856 e. The van der Waals surface area contributed by atoms with Gasteiger partial charge in [0.2, 0.25) is 0 Å². The highest BCUT2D eigenvalue weighted by Gasteiger charge is 2.09. The molecular weight excluding hydrogens is 273 g/mol. The van der Waals surface area contributed by atoms with Gasteiger partial charge in [0.25, 0.3) is 0 Å². The van der Waals surface area contributed by atoms with E-state index in [0.717, 1.165) is 16.1 Å². The summed E-state index contributed by atoms with van der Waals surface area (Å²) in [5.41, 5.74) is 3.60. The van der Waals surface area contributed by atoms with Crippen LogP contribution < -0.4 is 0 Å². The second-order valence-electron chi connectivity index (χ2n) is 2.89. The average Bonchev–Trinajstić information content (AvgIpc) is 2.70. The SMILES string of the molecule is ClCc1scnc1-c1ccc(Cl)c(Cl)c1. The van der Waals surface area contributed by atoms with E-state index in [1.807, 2.05) is 6.07 Å². The number of hydrogen-bond donors (Lipinski definition) is 0. The first-order valence-electron chi connectivity index (χ1n) is 4.16. The van der Waals surface area contributed by atoms with Crippen LogP contribution in [0, 0.1) is 0 Å². The molecule has 2 rings (SSSR count). The van der Waals surface area contributed by atoms with E-state index in [1.54, 1.807) is 17.6 Å². The van der Waals surface area contributed by atoms with Crippen molar-refractivity contribution in [3.8, 4) is 11.3 Å². The summed E-state index contributed by atoms with van der Waals surface area (Å²) < 4.78 is 0. The summed E-state index contributed by atoms with van der Waals surface area (Å²) in [4.78, 5) is 5.30. The number of aromatic nitrogens is 1. The Balaban J connectivity index is 2.50. The molecule has 1 aromatic heterocycles. The van der Waals surface area contributed by atoms with Crippen LogP contribution in [0.2, 0.25) is 10.0 Å². The molecule has 0 saturated carbocycles. The van der Waals surface area contributed by atoms with Crippen molar-refractivity contribution in [2.75, 3.05) is 0 Å². The minimum Gasteiger partial charge on any atom is -0.244 e. The van der Waals surface area contributed by atoms with Crippen LogP contribution in [-0.2, 0) is 5.88 Å². The molecular formula is C10H6Cl3NS. The van der Waals surface area contributed by atoms with E-state index in [9.17, 15) is 0 Å². The number of nitrogens with zero attached hydrogens (tertiary/aromatic N) is 1. The third-order valence-electron chi connectivity index (χ3n) is 1.96. The van der Waals surface area contributed by atoms with Gasteiger partial charge in [-0.15, -0.1) is 22.9 Å². The predicted octanol–water partition coefficient (Wildman–Crippen LogP) is 4.86. The van der Waals surface area contributed by atoms with Crippen molar-refractivity contribution in [3.63, 3.8) is 0 Å². The molecule has 78 valence electrons. The van der Waals surface area contributed by atoms with E-state index < -0.39 is 0 Å². The Labute approximate surface area is 107 Å². The largest absolute Gasteiger partial charge is 0.244 e. The zero-order valence-electron chi connectivity index (χ0n) is 7.51. The summed E-state index contributed by atoms with van der Waals surface area (Å²) in [6, 6.07) is 5.45. The van der Waals surface area contributed by atoms with Gasteiger partial charge in [-0.1, -0.05) is 29.3 Å². The highest BCUT2D eigenvalue weighted by Crippen LogP contribution is 2.31. The Morgan fingerprint density at radius 1 is 1.20 bits per heavy atom. The van der Waals surface area contributed by atoms with Crippen LogP contribution in [0.1, 0.15) is 4.88 Å². The quantitative estimate of drug-likeness (QED) is 0.715. The molecule has 15 heavy (non-hydrogen) atoms. The van der Waals surface area contributed by atoms with Gasteiger partial charge in [-0.25, -0.2) is 4.98 Å². The van der Waals surface area contributed by atoms with Gasteiger partial charge in [-0.3, -0.25) is 0 Å². The van der Waals surface area contributed by atoms with Crippen molar-refractivity contribution in [2.45, 2.75) is 5.88 Å². The number of rotatable bonds is 2. The summed E-state index contributed by atoms with van der Waals surface area (Å²) in [7, 11) is 0.